The van der Waals surface area contributed by atoms with Crippen molar-refractivity contribution in [1.29, 1.82) is 0 Å². The quantitative estimate of drug-likeness (QED) is 0.512. The van der Waals surface area contributed by atoms with E-state index in [4.69, 9.17) is 4.74 Å². The molecule has 0 aromatic heterocycles. The Morgan fingerprint density at radius 3 is 2.62 bits per heavy atom. The molecule has 0 aliphatic rings. The number of unbranched alkanes of at least 4 members (excludes halogenated alkanes) is 1. The predicted molar refractivity (Wildman–Crippen MR) is 35.7 cm³/mol. The first-order valence-corrected chi connectivity index (χ1v) is 3.02. The molecular weight excluding hydrogens is 100 g/mol. The van der Waals surface area contributed by atoms with Gasteiger partial charge in [-0.1, -0.05) is 13.3 Å². The summed E-state index contributed by atoms with van der Waals surface area (Å²) < 4.78 is 4.91. The lowest BCUT2D eigenvalue weighted by atomic mass is 10.3. The highest BCUT2D eigenvalue weighted by atomic mass is 16.5. The van der Waals surface area contributed by atoms with Crippen molar-refractivity contribution in [3.63, 3.8) is 0 Å². The standard InChI is InChI=1S/C7H14O/c1-4-5-6-7(2)8-3/h6H,4-5H2,1-3H3/b7-6+. The smallest absolute Gasteiger partial charge is 0.0884 e. The van der Waals surface area contributed by atoms with Gasteiger partial charge in [0.05, 0.1) is 12.9 Å². The zero-order chi connectivity index (χ0) is 6.41. The van der Waals surface area contributed by atoms with Gasteiger partial charge in [-0.3, -0.25) is 0 Å². The summed E-state index contributed by atoms with van der Waals surface area (Å²) in [5.74, 6) is 1.02. The SMILES string of the molecule is CCC/C=C(\C)OC. The summed E-state index contributed by atoms with van der Waals surface area (Å²) in [6.07, 6.45) is 4.42. The maximum Gasteiger partial charge on any atom is 0.0884 e. The van der Waals surface area contributed by atoms with Gasteiger partial charge in [-0.2, -0.15) is 0 Å². The molecule has 0 rings (SSSR count). The monoisotopic (exact) mass is 114 g/mol. The number of hydrogen-bond acceptors (Lipinski definition) is 1. The predicted octanol–water partition coefficient (Wildman–Crippen LogP) is 2.34. The fourth-order valence-electron chi connectivity index (χ4n) is 0.431. The van der Waals surface area contributed by atoms with Crippen molar-refractivity contribution in [2.75, 3.05) is 7.11 Å². The first kappa shape index (κ1) is 7.54. The van der Waals surface area contributed by atoms with Crippen LogP contribution in [0.15, 0.2) is 11.8 Å². The Balaban J connectivity index is 3.26. The Labute approximate surface area is 51.4 Å². The largest absolute Gasteiger partial charge is 0.502 e. The number of hydrogen-bond donors (Lipinski definition) is 0. The summed E-state index contributed by atoms with van der Waals surface area (Å²) in [7, 11) is 1.70. The van der Waals surface area contributed by atoms with Crippen molar-refractivity contribution >= 4 is 0 Å². The van der Waals surface area contributed by atoms with Gasteiger partial charge in [0.25, 0.3) is 0 Å². The highest BCUT2D eigenvalue weighted by Gasteiger charge is 1.80. The highest BCUT2D eigenvalue weighted by molar-refractivity contribution is 4.86. The van der Waals surface area contributed by atoms with Crippen LogP contribution in [0.5, 0.6) is 0 Å². The Morgan fingerprint density at radius 1 is 1.62 bits per heavy atom. The first-order valence-electron chi connectivity index (χ1n) is 3.02. The van der Waals surface area contributed by atoms with Crippen molar-refractivity contribution in [2.24, 2.45) is 0 Å². The van der Waals surface area contributed by atoms with E-state index in [1.54, 1.807) is 7.11 Å². The van der Waals surface area contributed by atoms with E-state index in [0.717, 1.165) is 12.2 Å². The Kier molecular flexibility index (Phi) is 4.42. The molecule has 0 unspecified atom stereocenters. The molecule has 0 heterocycles. The van der Waals surface area contributed by atoms with Crippen LogP contribution < -0.4 is 0 Å². The first-order chi connectivity index (χ1) is 3.81. The fourth-order valence-corrected chi connectivity index (χ4v) is 0.431. The van der Waals surface area contributed by atoms with Gasteiger partial charge in [0.1, 0.15) is 0 Å². The number of rotatable bonds is 3. The molecule has 48 valence electrons. The van der Waals surface area contributed by atoms with Gasteiger partial charge in [0, 0.05) is 0 Å². The third-order valence-corrected chi connectivity index (χ3v) is 1.04. The van der Waals surface area contributed by atoms with Gasteiger partial charge in [-0.15, -0.1) is 0 Å². The molecule has 0 aromatic rings. The van der Waals surface area contributed by atoms with Gasteiger partial charge in [0.2, 0.25) is 0 Å². The van der Waals surface area contributed by atoms with Gasteiger partial charge in [-0.25, -0.2) is 0 Å². The Morgan fingerprint density at radius 2 is 2.25 bits per heavy atom. The lowest BCUT2D eigenvalue weighted by Crippen LogP contribution is -1.77. The van der Waals surface area contributed by atoms with E-state index in [9.17, 15) is 0 Å². The molecule has 0 atom stereocenters. The molecule has 0 radical (unpaired) electrons. The van der Waals surface area contributed by atoms with Crippen LogP contribution in [0.4, 0.5) is 0 Å². The lowest BCUT2D eigenvalue weighted by Gasteiger charge is -1.95. The fraction of sp³-hybridized carbons (Fsp3) is 0.714. The van der Waals surface area contributed by atoms with Crippen LogP contribution in [-0.4, -0.2) is 7.11 Å². The summed E-state index contributed by atoms with van der Waals surface area (Å²) in [6, 6.07) is 0. The summed E-state index contributed by atoms with van der Waals surface area (Å²) >= 11 is 0. The topological polar surface area (TPSA) is 9.23 Å². The molecule has 0 saturated heterocycles. The molecule has 0 bridgehead atoms. The molecule has 0 amide bonds. The third-order valence-electron chi connectivity index (χ3n) is 1.04. The van der Waals surface area contributed by atoms with Crippen LogP contribution in [0.3, 0.4) is 0 Å². The van der Waals surface area contributed by atoms with E-state index in [2.05, 4.69) is 13.0 Å². The average molecular weight is 114 g/mol. The Bertz CT molecular complexity index is 74.5. The second-order valence-electron chi connectivity index (χ2n) is 1.81. The zero-order valence-corrected chi connectivity index (χ0v) is 5.90. The second-order valence-corrected chi connectivity index (χ2v) is 1.81. The molecule has 0 aliphatic heterocycles. The zero-order valence-electron chi connectivity index (χ0n) is 5.90. The molecular formula is C7H14O. The van der Waals surface area contributed by atoms with E-state index in [1.165, 1.54) is 6.42 Å². The lowest BCUT2D eigenvalue weighted by molar-refractivity contribution is 0.291. The molecule has 8 heavy (non-hydrogen) atoms. The van der Waals surface area contributed by atoms with Crippen LogP contribution in [0.1, 0.15) is 26.7 Å². The molecule has 1 nitrogen and oxygen atoms in total. The molecule has 0 aromatic carbocycles. The molecule has 0 N–H and O–H groups in total. The summed E-state index contributed by atoms with van der Waals surface area (Å²) in [5, 5.41) is 0. The van der Waals surface area contributed by atoms with Gasteiger partial charge < -0.3 is 4.74 Å². The van der Waals surface area contributed by atoms with E-state index >= 15 is 0 Å². The minimum atomic E-state index is 1.02. The average Bonchev–Trinajstić information content (AvgIpc) is 1.83. The number of ether oxygens (including phenoxy) is 1. The minimum Gasteiger partial charge on any atom is -0.502 e. The summed E-state index contributed by atoms with van der Waals surface area (Å²) in [5.41, 5.74) is 0. The van der Waals surface area contributed by atoms with Crippen molar-refractivity contribution in [3.8, 4) is 0 Å². The Hall–Kier alpha value is -0.460. The van der Waals surface area contributed by atoms with Crippen LogP contribution in [0.2, 0.25) is 0 Å². The van der Waals surface area contributed by atoms with Crippen LogP contribution in [0, 0.1) is 0 Å². The van der Waals surface area contributed by atoms with Crippen molar-refractivity contribution in [1.82, 2.24) is 0 Å². The van der Waals surface area contributed by atoms with E-state index in [1.807, 2.05) is 6.92 Å². The maximum atomic E-state index is 4.91. The summed E-state index contributed by atoms with van der Waals surface area (Å²) in [6.45, 7) is 4.12. The second kappa shape index (κ2) is 4.69. The number of methoxy groups -OCH3 is 1. The van der Waals surface area contributed by atoms with E-state index in [0.29, 0.717) is 0 Å². The maximum absolute atomic E-state index is 4.91. The molecule has 0 saturated carbocycles. The minimum absolute atomic E-state index is 1.02. The van der Waals surface area contributed by atoms with E-state index < -0.39 is 0 Å². The highest BCUT2D eigenvalue weighted by Crippen LogP contribution is 1.96. The van der Waals surface area contributed by atoms with Crippen molar-refractivity contribution in [3.05, 3.63) is 11.8 Å². The van der Waals surface area contributed by atoms with Crippen LogP contribution >= 0.6 is 0 Å². The van der Waals surface area contributed by atoms with Gasteiger partial charge in [0.15, 0.2) is 0 Å². The van der Waals surface area contributed by atoms with E-state index in [-0.39, 0.29) is 0 Å². The number of allylic oxidation sites excluding steroid dienone is 2. The normalized spacial score (nSPS) is 11.6. The molecule has 1 heteroatoms. The van der Waals surface area contributed by atoms with Crippen molar-refractivity contribution < 1.29 is 4.74 Å². The van der Waals surface area contributed by atoms with Crippen LogP contribution in [-0.2, 0) is 4.74 Å². The van der Waals surface area contributed by atoms with Gasteiger partial charge in [-0.05, 0) is 19.4 Å². The third kappa shape index (κ3) is 3.72. The van der Waals surface area contributed by atoms with Crippen LogP contribution in [0.25, 0.3) is 0 Å². The molecule has 0 fully saturated rings. The van der Waals surface area contributed by atoms with Gasteiger partial charge >= 0.3 is 0 Å². The molecule has 0 spiro atoms. The van der Waals surface area contributed by atoms with Crippen molar-refractivity contribution in [2.45, 2.75) is 26.7 Å². The summed E-state index contributed by atoms with van der Waals surface area (Å²) in [4.78, 5) is 0. The molecule has 0 aliphatic carbocycles.